The van der Waals surface area contributed by atoms with Gasteiger partial charge in [-0.05, 0) is 12.1 Å². The van der Waals surface area contributed by atoms with Gasteiger partial charge < -0.3 is 0 Å². The van der Waals surface area contributed by atoms with E-state index < -0.39 is 4.92 Å². The molecule has 2 heterocycles. The van der Waals surface area contributed by atoms with Gasteiger partial charge in [0, 0.05) is 6.07 Å². The highest BCUT2D eigenvalue weighted by Crippen LogP contribution is 2.24. The van der Waals surface area contributed by atoms with Crippen molar-refractivity contribution in [1.82, 2.24) is 19.9 Å². The number of carbonyl (C=O) groups excluding carboxylic acids is 2. The summed E-state index contributed by atoms with van der Waals surface area (Å²) in [6.07, 6.45) is 1.57. The molecule has 2 amide bonds. The molecule has 27 heavy (non-hydrogen) atoms. The first kappa shape index (κ1) is 16.6. The van der Waals surface area contributed by atoms with E-state index in [9.17, 15) is 19.7 Å². The van der Waals surface area contributed by atoms with Gasteiger partial charge in [0.15, 0.2) is 0 Å². The number of benzene rings is 2. The zero-order chi connectivity index (χ0) is 19.0. The van der Waals surface area contributed by atoms with E-state index in [2.05, 4.69) is 10.3 Å². The Morgan fingerprint density at radius 3 is 2.22 bits per heavy atom. The molecule has 4 rings (SSSR count). The van der Waals surface area contributed by atoms with Crippen molar-refractivity contribution < 1.29 is 14.5 Å². The molecule has 3 aromatic rings. The molecule has 2 aromatic carbocycles. The summed E-state index contributed by atoms with van der Waals surface area (Å²) in [4.78, 5) is 36.6. The van der Waals surface area contributed by atoms with E-state index in [1.807, 2.05) is 0 Å². The largest absolute Gasteiger partial charge is 0.274 e. The molecule has 0 saturated heterocycles. The minimum Gasteiger partial charge on any atom is -0.269 e. The fourth-order valence-corrected chi connectivity index (χ4v) is 3.03. The van der Waals surface area contributed by atoms with Crippen LogP contribution in [0.3, 0.4) is 0 Å². The van der Waals surface area contributed by atoms with Crippen LogP contribution in [0.5, 0.6) is 0 Å². The smallest absolute Gasteiger partial charge is 0.269 e. The molecule has 0 bridgehead atoms. The average molecular weight is 363 g/mol. The van der Waals surface area contributed by atoms with Crippen LogP contribution in [0.4, 0.5) is 5.69 Å². The zero-order valence-corrected chi connectivity index (χ0v) is 14.0. The third-order valence-electron chi connectivity index (χ3n) is 4.31. The van der Waals surface area contributed by atoms with Gasteiger partial charge in [0.2, 0.25) is 0 Å². The first-order valence-corrected chi connectivity index (χ1v) is 8.11. The Balaban J connectivity index is 1.52. The number of nitro benzene ring substituents is 1. The van der Waals surface area contributed by atoms with Gasteiger partial charge in [0.05, 0.1) is 40.9 Å². The maximum Gasteiger partial charge on any atom is 0.274 e. The summed E-state index contributed by atoms with van der Waals surface area (Å²) in [6, 6.07) is 13.0. The molecule has 0 N–H and O–H groups in total. The van der Waals surface area contributed by atoms with Gasteiger partial charge >= 0.3 is 0 Å². The molecule has 0 radical (unpaired) electrons. The standard InChI is InChI=1S/C18H13N5O4/c24-17-14-6-2-3-7-15(14)18(25)22(17)11-13-10-21(20-19-13)9-12-5-1-4-8-16(12)23(26)27/h1-8,10H,9,11H2. The number of nitrogens with zero attached hydrogens (tertiary/aromatic N) is 5. The number of hydrogen-bond donors (Lipinski definition) is 0. The van der Waals surface area contributed by atoms with Crippen LogP contribution in [0.2, 0.25) is 0 Å². The van der Waals surface area contributed by atoms with Crippen LogP contribution in [-0.2, 0) is 13.1 Å². The molecule has 9 nitrogen and oxygen atoms in total. The molecular weight excluding hydrogens is 350 g/mol. The van der Waals surface area contributed by atoms with E-state index in [0.717, 1.165) is 4.90 Å². The number of hydrogen-bond acceptors (Lipinski definition) is 6. The molecule has 0 spiro atoms. The SMILES string of the molecule is O=C1c2ccccc2C(=O)N1Cc1cn(Cc2ccccc2[N+](=O)[O-])nn1. The lowest BCUT2D eigenvalue weighted by Crippen LogP contribution is -2.29. The second-order valence-corrected chi connectivity index (χ2v) is 6.04. The van der Waals surface area contributed by atoms with Crippen LogP contribution in [0.25, 0.3) is 0 Å². The first-order chi connectivity index (χ1) is 13.0. The zero-order valence-electron chi connectivity index (χ0n) is 14.0. The van der Waals surface area contributed by atoms with Crippen LogP contribution in [-0.4, -0.2) is 36.6 Å². The summed E-state index contributed by atoms with van der Waals surface area (Å²) in [6.45, 7) is 0.148. The van der Waals surface area contributed by atoms with E-state index >= 15 is 0 Å². The highest BCUT2D eigenvalue weighted by molar-refractivity contribution is 6.21. The Morgan fingerprint density at radius 1 is 0.926 bits per heavy atom. The highest BCUT2D eigenvalue weighted by atomic mass is 16.6. The monoisotopic (exact) mass is 363 g/mol. The third-order valence-corrected chi connectivity index (χ3v) is 4.31. The molecular formula is C18H13N5O4. The summed E-state index contributed by atoms with van der Waals surface area (Å²) in [5.41, 5.74) is 1.64. The van der Waals surface area contributed by atoms with Gasteiger partial charge in [-0.3, -0.25) is 24.6 Å². The minimum atomic E-state index is -0.452. The summed E-state index contributed by atoms with van der Waals surface area (Å²) < 4.78 is 1.44. The average Bonchev–Trinajstić information content (AvgIpc) is 3.21. The van der Waals surface area contributed by atoms with Crippen LogP contribution >= 0.6 is 0 Å². The van der Waals surface area contributed by atoms with Gasteiger partial charge in [-0.25, -0.2) is 4.68 Å². The number of fused-ring (bicyclic) bond motifs is 1. The predicted molar refractivity (Wildman–Crippen MR) is 92.9 cm³/mol. The molecule has 0 unspecified atom stereocenters. The molecule has 1 aliphatic heterocycles. The van der Waals surface area contributed by atoms with Crippen molar-refractivity contribution in [1.29, 1.82) is 0 Å². The molecule has 1 aliphatic rings. The van der Waals surface area contributed by atoms with E-state index in [1.165, 1.54) is 10.7 Å². The number of para-hydroxylation sites is 1. The van der Waals surface area contributed by atoms with Crippen molar-refractivity contribution in [3.8, 4) is 0 Å². The molecule has 0 aliphatic carbocycles. The fraction of sp³-hybridized carbons (Fsp3) is 0.111. The number of carbonyl (C=O) groups is 2. The first-order valence-electron chi connectivity index (χ1n) is 8.11. The van der Waals surface area contributed by atoms with Gasteiger partial charge in [-0.1, -0.05) is 35.5 Å². The Bertz CT molecular complexity index is 1040. The van der Waals surface area contributed by atoms with Gasteiger partial charge in [0.25, 0.3) is 17.5 Å². The van der Waals surface area contributed by atoms with Crippen molar-refractivity contribution in [2.45, 2.75) is 13.1 Å². The molecule has 9 heteroatoms. The fourth-order valence-electron chi connectivity index (χ4n) is 3.03. The highest BCUT2D eigenvalue weighted by Gasteiger charge is 2.35. The van der Waals surface area contributed by atoms with E-state index in [1.54, 1.807) is 48.7 Å². The predicted octanol–water partition coefficient (Wildman–Crippen LogP) is 2.03. The van der Waals surface area contributed by atoms with Crippen molar-refractivity contribution in [3.63, 3.8) is 0 Å². The Labute approximate surface area is 153 Å². The van der Waals surface area contributed by atoms with Crippen LogP contribution < -0.4 is 0 Å². The van der Waals surface area contributed by atoms with Gasteiger partial charge in [0.1, 0.15) is 5.69 Å². The molecule has 0 atom stereocenters. The topological polar surface area (TPSA) is 111 Å². The Morgan fingerprint density at radius 2 is 1.56 bits per heavy atom. The second kappa shape index (κ2) is 6.45. The third kappa shape index (κ3) is 2.95. The molecule has 0 saturated carbocycles. The number of aromatic nitrogens is 3. The Kier molecular flexibility index (Phi) is 3.96. The van der Waals surface area contributed by atoms with Crippen molar-refractivity contribution >= 4 is 17.5 Å². The second-order valence-electron chi connectivity index (χ2n) is 6.04. The van der Waals surface area contributed by atoms with E-state index in [-0.39, 0.29) is 30.6 Å². The lowest BCUT2D eigenvalue weighted by molar-refractivity contribution is -0.385. The van der Waals surface area contributed by atoms with Crippen molar-refractivity contribution in [2.24, 2.45) is 0 Å². The number of nitro groups is 1. The minimum absolute atomic E-state index is 0.00472. The maximum absolute atomic E-state index is 12.4. The quantitative estimate of drug-likeness (QED) is 0.389. The molecule has 0 fully saturated rings. The number of imide groups is 1. The number of amides is 2. The van der Waals surface area contributed by atoms with Crippen molar-refractivity contribution in [3.05, 3.63) is 87.2 Å². The normalized spacial score (nSPS) is 13.1. The van der Waals surface area contributed by atoms with Crippen molar-refractivity contribution in [2.75, 3.05) is 0 Å². The maximum atomic E-state index is 12.4. The van der Waals surface area contributed by atoms with Gasteiger partial charge in [-0.15, -0.1) is 5.10 Å². The van der Waals surface area contributed by atoms with Gasteiger partial charge in [-0.2, -0.15) is 0 Å². The van der Waals surface area contributed by atoms with Crippen LogP contribution in [0.1, 0.15) is 32.0 Å². The number of rotatable bonds is 5. The van der Waals surface area contributed by atoms with Crippen LogP contribution in [0, 0.1) is 10.1 Å². The molecule has 134 valence electrons. The summed E-state index contributed by atoms with van der Waals surface area (Å²) in [5.74, 6) is -0.743. The Hall–Kier alpha value is -3.88. The van der Waals surface area contributed by atoms with Crippen LogP contribution in [0.15, 0.2) is 54.7 Å². The summed E-state index contributed by atoms with van der Waals surface area (Å²) >= 11 is 0. The summed E-state index contributed by atoms with van der Waals surface area (Å²) in [7, 11) is 0. The molecule has 1 aromatic heterocycles. The lowest BCUT2D eigenvalue weighted by Gasteiger charge is -2.11. The summed E-state index contributed by atoms with van der Waals surface area (Å²) in [5, 5.41) is 19.0. The van der Waals surface area contributed by atoms with E-state index in [4.69, 9.17) is 0 Å². The lowest BCUT2D eigenvalue weighted by atomic mass is 10.1. The van der Waals surface area contributed by atoms with E-state index in [0.29, 0.717) is 22.4 Å².